The molecule has 4 aromatic rings. The predicted molar refractivity (Wildman–Crippen MR) is 117 cm³/mol. The van der Waals surface area contributed by atoms with E-state index in [0.717, 1.165) is 33.8 Å². The van der Waals surface area contributed by atoms with Gasteiger partial charge in [0.1, 0.15) is 0 Å². The predicted octanol–water partition coefficient (Wildman–Crippen LogP) is 4.99. The molecule has 1 N–H and O–H groups in total. The quantitative estimate of drug-likeness (QED) is 0.382. The number of fused-ring (bicyclic) bond motifs is 1. The number of benzene rings is 3. The van der Waals surface area contributed by atoms with E-state index in [1.54, 1.807) is 6.21 Å². The fourth-order valence-electron chi connectivity index (χ4n) is 3.17. The minimum atomic E-state index is 0.247. The summed E-state index contributed by atoms with van der Waals surface area (Å²) in [4.78, 5) is 9.28. The normalized spacial score (nSPS) is 12.3. The molecule has 146 valence electrons. The van der Waals surface area contributed by atoms with Crippen LogP contribution in [0.5, 0.6) is 11.5 Å². The Bertz CT molecular complexity index is 1140. The van der Waals surface area contributed by atoms with Gasteiger partial charge in [0.15, 0.2) is 11.5 Å². The molecule has 5 rings (SSSR count). The Morgan fingerprint density at radius 3 is 2.03 bits per heavy atom. The first-order chi connectivity index (χ1) is 14.8. The molecule has 3 aromatic carbocycles. The van der Waals surface area contributed by atoms with Crippen molar-refractivity contribution in [3.05, 3.63) is 90.5 Å². The second-order valence-corrected chi connectivity index (χ2v) is 6.68. The molecule has 1 aliphatic rings. The number of hydrazone groups is 1. The number of ether oxygens (including phenoxy) is 2. The molecule has 1 aliphatic heterocycles. The zero-order valence-corrected chi connectivity index (χ0v) is 16.0. The monoisotopic (exact) mass is 394 g/mol. The summed E-state index contributed by atoms with van der Waals surface area (Å²) in [7, 11) is 0. The number of hydrogen-bond acceptors (Lipinski definition) is 6. The first-order valence-electron chi connectivity index (χ1n) is 9.54. The fraction of sp³-hybridized carbons (Fsp3) is 0.0417. The second-order valence-electron chi connectivity index (χ2n) is 6.68. The van der Waals surface area contributed by atoms with E-state index >= 15 is 0 Å². The molecule has 0 atom stereocenters. The molecule has 0 spiro atoms. The van der Waals surface area contributed by atoms with Crippen LogP contribution in [0.25, 0.3) is 22.5 Å². The Balaban J connectivity index is 1.45. The van der Waals surface area contributed by atoms with E-state index < -0.39 is 0 Å². The standard InChI is InChI=1S/C24H18N4O2/c1-3-7-18(8-4-1)20-14-21(19-9-5-2-6-10-19)27-24(26-20)28-25-15-17-11-12-22-23(13-17)30-16-29-22/h1-15H,16H2,(H,26,27,28). The topological polar surface area (TPSA) is 68.6 Å². The molecule has 0 saturated carbocycles. The minimum absolute atomic E-state index is 0.247. The van der Waals surface area contributed by atoms with Crippen LogP contribution in [0.3, 0.4) is 0 Å². The number of aromatic nitrogens is 2. The van der Waals surface area contributed by atoms with Crippen LogP contribution in [0.2, 0.25) is 0 Å². The van der Waals surface area contributed by atoms with Crippen LogP contribution >= 0.6 is 0 Å². The molecule has 0 radical (unpaired) electrons. The number of anilines is 1. The zero-order valence-electron chi connectivity index (χ0n) is 16.0. The van der Waals surface area contributed by atoms with Crippen LogP contribution < -0.4 is 14.9 Å². The molecule has 30 heavy (non-hydrogen) atoms. The number of nitrogens with zero attached hydrogens (tertiary/aromatic N) is 3. The number of nitrogens with one attached hydrogen (secondary N) is 1. The van der Waals surface area contributed by atoms with E-state index in [1.807, 2.05) is 84.9 Å². The van der Waals surface area contributed by atoms with Crippen molar-refractivity contribution in [3.63, 3.8) is 0 Å². The maximum absolute atomic E-state index is 5.40. The van der Waals surface area contributed by atoms with Gasteiger partial charge in [0.05, 0.1) is 17.6 Å². The SMILES string of the molecule is C(=NNc1nc(-c2ccccc2)cc(-c2ccccc2)n1)c1ccc2c(c1)OCO2. The van der Waals surface area contributed by atoms with Crippen LogP contribution in [-0.4, -0.2) is 23.0 Å². The smallest absolute Gasteiger partial charge is 0.244 e. The van der Waals surface area contributed by atoms with Crippen molar-refractivity contribution in [3.8, 4) is 34.0 Å². The highest BCUT2D eigenvalue weighted by Crippen LogP contribution is 2.32. The van der Waals surface area contributed by atoms with E-state index in [2.05, 4.69) is 20.5 Å². The Labute approximate surface area is 173 Å². The third kappa shape index (κ3) is 3.84. The molecule has 1 aromatic heterocycles. The van der Waals surface area contributed by atoms with Gasteiger partial charge in [-0.15, -0.1) is 0 Å². The van der Waals surface area contributed by atoms with Gasteiger partial charge in [-0.05, 0) is 29.8 Å². The van der Waals surface area contributed by atoms with Crippen molar-refractivity contribution in [1.82, 2.24) is 9.97 Å². The molecular weight excluding hydrogens is 376 g/mol. The second kappa shape index (κ2) is 8.05. The first-order valence-corrected chi connectivity index (χ1v) is 9.54. The van der Waals surface area contributed by atoms with Crippen molar-refractivity contribution in [1.29, 1.82) is 0 Å². The summed E-state index contributed by atoms with van der Waals surface area (Å²) < 4.78 is 10.7. The average molecular weight is 394 g/mol. The molecule has 0 bridgehead atoms. The maximum Gasteiger partial charge on any atom is 0.244 e. The van der Waals surface area contributed by atoms with Crippen molar-refractivity contribution in [2.24, 2.45) is 5.10 Å². The van der Waals surface area contributed by atoms with Gasteiger partial charge in [-0.3, -0.25) is 0 Å². The molecular formula is C24H18N4O2. The van der Waals surface area contributed by atoms with Crippen LogP contribution in [-0.2, 0) is 0 Å². The molecule has 2 heterocycles. The van der Waals surface area contributed by atoms with Crippen molar-refractivity contribution in [2.45, 2.75) is 0 Å². The molecule has 0 saturated heterocycles. The Morgan fingerprint density at radius 2 is 1.37 bits per heavy atom. The molecule has 0 amide bonds. The molecule has 6 nitrogen and oxygen atoms in total. The highest BCUT2D eigenvalue weighted by atomic mass is 16.7. The van der Waals surface area contributed by atoms with Crippen molar-refractivity contribution in [2.75, 3.05) is 12.2 Å². The fourth-order valence-corrected chi connectivity index (χ4v) is 3.17. The van der Waals surface area contributed by atoms with Gasteiger partial charge >= 0.3 is 0 Å². The minimum Gasteiger partial charge on any atom is -0.454 e. The average Bonchev–Trinajstić information content (AvgIpc) is 3.28. The highest BCUT2D eigenvalue weighted by molar-refractivity contribution is 5.81. The summed E-state index contributed by atoms with van der Waals surface area (Å²) >= 11 is 0. The zero-order chi connectivity index (χ0) is 20.2. The van der Waals surface area contributed by atoms with E-state index in [1.165, 1.54) is 0 Å². The molecule has 0 fully saturated rings. The van der Waals surface area contributed by atoms with E-state index in [-0.39, 0.29) is 6.79 Å². The Kier molecular flexibility index (Phi) is 4.79. The molecule has 0 unspecified atom stereocenters. The third-order valence-electron chi connectivity index (χ3n) is 4.64. The largest absolute Gasteiger partial charge is 0.454 e. The summed E-state index contributed by atoms with van der Waals surface area (Å²) in [5.41, 5.74) is 7.52. The molecule has 6 heteroatoms. The van der Waals surface area contributed by atoms with Gasteiger partial charge in [0.25, 0.3) is 0 Å². The Morgan fingerprint density at radius 1 is 0.733 bits per heavy atom. The lowest BCUT2D eigenvalue weighted by Gasteiger charge is -2.08. The van der Waals surface area contributed by atoms with Crippen LogP contribution in [0.15, 0.2) is 90.0 Å². The van der Waals surface area contributed by atoms with E-state index in [0.29, 0.717) is 11.7 Å². The summed E-state index contributed by atoms with van der Waals surface area (Å²) in [5.74, 6) is 1.88. The van der Waals surface area contributed by atoms with Gasteiger partial charge in [0, 0.05) is 11.1 Å². The number of hydrogen-bond donors (Lipinski definition) is 1. The lowest BCUT2D eigenvalue weighted by atomic mass is 10.1. The van der Waals surface area contributed by atoms with Crippen molar-refractivity contribution >= 4 is 12.2 Å². The lowest BCUT2D eigenvalue weighted by Crippen LogP contribution is -2.00. The van der Waals surface area contributed by atoms with Crippen molar-refractivity contribution < 1.29 is 9.47 Å². The lowest BCUT2D eigenvalue weighted by molar-refractivity contribution is 0.174. The van der Waals surface area contributed by atoms with Crippen LogP contribution in [0, 0.1) is 0 Å². The summed E-state index contributed by atoms with van der Waals surface area (Å²) in [6, 6.07) is 27.7. The molecule has 0 aliphatic carbocycles. The summed E-state index contributed by atoms with van der Waals surface area (Å²) in [6.07, 6.45) is 1.70. The third-order valence-corrected chi connectivity index (χ3v) is 4.64. The van der Waals surface area contributed by atoms with E-state index in [9.17, 15) is 0 Å². The van der Waals surface area contributed by atoms with Gasteiger partial charge < -0.3 is 9.47 Å². The summed E-state index contributed by atoms with van der Waals surface area (Å²) in [5, 5.41) is 4.31. The summed E-state index contributed by atoms with van der Waals surface area (Å²) in [6.45, 7) is 0.247. The van der Waals surface area contributed by atoms with Gasteiger partial charge in [-0.2, -0.15) is 5.10 Å². The van der Waals surface area contributed by atoms with Gasteiger partial charge in [-0.25, -0.2) is 15.4 Å². The maximum atomic E-state index is 5.40. The van der Waals surface area contributed by atoms with Gasteiger partial charge in [-0.1, -0.05) is 60.7 Å². The van der Waals surface area contributed by atoms with Gasteiger partial charge in [0.2, 0.25) is 12.7 Å². The first kappa shape index (κ1) is 17.9. The van der Waals surface area contributed by atoms with E-state index in [4.69, 9.17) is 9.47 Å². The van der Waals surface area contributed by atoms with Crippen LogP contribution in [0.1, 0.15) is 5.56 Å². The number of rotatable bonds is 5. The Hall–Kier alpha value is -4.19. The highest BCUT2D eigenvalue weighted by Gasteiger charge is 2.12. The van der Waals surface area contributed by atoms with Crippen LogP contribution in [0.4, 0.5) is 5.95 Å².